The van der Waals surface area contributed by atoms with Crippen LogP contribution in [0.15, 0.2) is 23.3 Å². The molecule has 1 aliphatic heterocycles. The molecule has 1 aromatic rings. The zero-order valence-electron chi connectivity index (χ0n) is 17.0. The smallest absolute Gasteiger partial charge is 0.191 e. The fraction of sp³-hybridized carbons (Fsp3) is 0.700. The van der Waals surface area contributed by atoms with Gasteiger partial charge in [0.1, 0.15) is 5.82 Å². The van der Waals surface area contributed by atoms with Crippen LogP contribution in [0, 0.1) is 5.92 Å². The quantitative estimate of drug-likeness (QED) is 0.228. The van der Waals surface area contributed by atoms with Crippen LogP contribution in [0.3, 0.4) is 0 Å². The lowest BCUT2D eigenvalue weighted by Crippen LogP contribution is -2.39. The van der Waals surface area contributed by atoms with Gasteiger partial charge in [-0.15, -0.1) is 24.0 Å². The molecule has 27 heavy (non-hydrogen) atoms. The zero-order chi connectivity index (χ0) is 18.6. The number of guanidine groups is 1. The van der Waals surface area contributed by atoms with Crippen molar-refractivity contribution >= 4 is 35.8 Å². The molecule has 1 fully saturated rings. The van der Waals surface area contributed by atoms with E-state index < -0.39 is 0 Å². The predicted octanol–water partition coefficient (Wildman–Crippen LogP) is 3.42. The van der Waals surface area contributed by atoms with Crippen molar-refractivity contribution in [1.29, 1.82) is 0 Å². The topological polar surface area (TPSA) is 61.8 Å². The Morgan fingerprint density at radius 2 is 2.00 bits per heavy atom. The van der Waals surface area contributed by atoms with Crippen LogP contribution in [0.2, 0.25) is 0 Å². The summed E-state index contributed by atoms with van der Waals surface area (Å²) in [5.41, 5.74) is 1.12. The first kappa shape index (κ1) is 23.9. The minimum Gasteiger partial charge on any atom is -0.380 e. The van der Waals surface area contributed by atoms with Crippen LogP contribution in [-0.4, -0.2) is 50.3 Å². The maximum Gasteiger partial charge on any atom is 0.191 e. The van der Waals surface area contributed by atoms with Gasteiger partial charge in [0.25, 0.3) is 0 Å². The molecule has 1 aromatic heterocycles. The molecule has 0 radical (unpaired) electrons. The summed E-state index contributed by atoms with van der Waals surface area (Å²) < 4.78 is 5.64. The molecule has 0 unspecified atom stereocenters. The number of ether oxygens (including phenoxy) is 1. The SMILES string of the molecule is CCNC(=NCc1ccc(N2CCCC2)nc1)NCCOCCC(C)C.I. The van der Waals surface area contributed by atoms with Gasteiger partial charge in [-0.05, 0) is 43.7 Å². The van der Waals surface area contributed by atoms with E-state index in [1.54, 1.807) is 0 Å². The molecule has 0 atom stereocenters. The molecule has 6 nitrogen and oxygen atoms in total. The van der Waals surface area contributed by atoms with E-state index in [0.717, 1.165) is 56.5 Å². The van der Waals surface area contributed by atoms with Gasteiger partial charge in [0.2, 0.25) is 0 Å². The van der Waals surface area contributed by atoms with Crippen molar-refractivity contribution < 1.29 is 4.74 Å². The fourth-order valence-electron chi connectivity index (χ4n) is 2.82. The Kier molecular flexibility index (Phi) is 12.4. The van der Waals surface area contributed by atoms with E-state index in [1.807, 2.05) is 6.20 Å². The number of anilines is 1. The van der Waals surface area contributed by atoms with E-state index in [2.05, 4.69) is 58.4 Å². The Hall–Kier alpha value is -1.09. The number of halogens is 1. The van der Waals surface area contributed by atoms with Crippen molar-refractivity contribution in [2.45, 2.75) is 46.6 Å². The number of pyridine rings is 1. The van der Waals surface area contributed by atoms with E-state index >= 15 is 0 Å². The summed E-state index contributed by atoms with van der Waals surface area (Å²) >= 11 is 0. The van der Waals surface area contributed by atoms with Gasteiger partial charge in [-0.25, -0.2) is 9.98 Å². The summed E-state index contributed by atoms with van der Waals surface area (Å²) in [6, 6.07) is 4.24. The second kappa shape index (κ2) is 14.0. The highest BCUT2D eigenvalue weighted by Crippen LogP contribution is 2.17. The Morgan fingerprint density at radius 3 is 2.63 bits per heavy atom. The van der Waals surface area contributed by atoms with Crippen LogP contribution in [0.4, 0.5) is 5.82 Å². The Labute approximate surface area is 181 Å². The average molecular weight is 489 g/mol. The van der Waals surface area contributed by atoms with E-state index in [1.165, 1.54) is 12.8 Å². The molecule has 0 amide bonds. The van der Waals surface area contributed by atoms with Gasteiger partial charge in [0, 0.05) is 39.0 Å². The van der Waals surface area contributed by atoms with Crippen LogP contribution < -0.4 is 15.5 Å². The highest BCUT2D eigenvalue weighted by Gasteiger charge is 2.12. The first-order valence-electron chi connectivity index (χ1n) is 9.99. The molecule has 0 aliphatic carbocycles. The van der Waals surface area contributed by atoms with Crippen LogP contribution in [0.1, 0.15) is 45.6 Å². The molecule has 2 rings (SSSR count). The second-order valence-electron chi connectivity index (χ2n) is 7.14. The lowest BCUT2D eigenvalue weighted by atomic mass is 10.1. The molecule has 0 bridgehead atoms. The summed E-state index contributed by atoms with van der Waals surface area (Å²) in [4.78, 5) is 11.6. The van der Waals surface area contributed by atoms with Crippen LogP contribution in [0.25, 0.3) is 0 Å². The summed E-state index contributed by atoms with van der Waals surface area (Å²) in [5, 5.41) is 6.59. The van der Waals surface area contributed by atoms with Crippen molar-refractivity contribution in [3.05, 3.63) is 23.9 Å². The second-order valence-corrected chi connectivity index (χ2v) is 7.14. The molecular formula is C20H36IN5O. The molecule has 2 heterocycles. The van der Waals surface area contributed by atoms with Gasteiger partial charge in [-0.2, -0.15) is 0 Å². The molecule has 2 N–H and O–H groups in total. The molecule has 154 valence electrons. The number of hydrogen-bond donors (Lipinski definition) is 2. The Bertz CT molecular complexity index is 530. The monoisotopic (exact) mass is 489 g/mol. The van der Waals surface area contributed by atoms with E-state index in [9.17, 15) is 0 Å². The molecule has 0 spiro atoms. The highest BCUT2D eigenvalue weighted by molar-refractivity contribution is 14.0. The standard InChI is InChI=1S/C20H35N5O.HI/c1-4-21-20(22-10-14-26-13-9-17(2)3)24-16-18-7-8-19(23-15-18)25-11-5-6-12-25;/h7-8,15,17H,4-6,9-14,16H2,1-3H3,(H2,21,22,24);1H. The minimum absolute atomic E-state index is 0. The summed E-state index contributed by atoms with van der Waals surface area (Å²) in [5.74, 6) is 2.59. The number of aromatic nitrogens is 1. The number of nitrogens with one attached hydrogen (secondary N) is 2. The van der Waals surface area contributed by atoms with Crippen molar-refractivity contribution in [2.75, 3.05) is 44.3 Å². The van der Waals surface area contributed by atoms with E-state index in [-0.39, 0.29) is 24.0 Å². The van der Waals surface area contributed by atoms with Gasteiger partial charge in [-0.3, -0.25) is 0 Å². The molecule has 1 saturated heterocycles. The maximum absolute atomic E-state index is 5.64. The van der Waals surface area contributed by atoms with Crippen LogP contribution >= 0.6 is 24.0 Å². The summed E-state index contributed by atoms with van der Waals surface area (Å²) in [7, 11) is 0. The lowest BCUT2D eigenvalue weighted by Gasteiger charge is -2.16. The lowest BCUT2D eigenvalue weighted by molar-refractivity contribution is 0.128. The number of rotatable bonds is 10. The van der Waals surface area contributed by atoms with E-state index in [4.69, 9.17) is 4.74 Å². The predicted molar refractivity (Wildman–Crippen MR) is 124 cm³/mol. The number of aliphatic imine (C=N–C) groups is 1. The summed E-state index contributed by atoms with van der Waals surface area (Å²) in [6.07, 6.45) is 5.59. The van der Waals surface area contributed by atoms with Crippen LogP contribution in [-0.2, 0) is 11.3 Å². The molecule has 1 aliphatic rings. The summed E-state index contributed by atoms with van der Waals surface area (Å²) in [6.45, 7) is 12.5. The van der Waals surface area contributed by atoms with Gasteiger partial charge in [0.05, 0.1) is 13.2 Å². The molecule has 0 aromatic carbocycles. The Morgan fingerprint density at radius 1 is 1.22 bits per heavy atom. The van der Waals surface area contributed by atoms with Gasteiger partial charge < -0.3 is 20.3 Å². The molecular weight excluding hydrogens is 453 g/mol. The number of hydrogen-bond acceptors (Lipinski definition) is 4. The molecule has 7 heteroatoms. The largest absolute Gasteiger partial charge is 0.380 e. The minimum atomic E-state index is 0. The van der Waals surface area contributed by atoms with Gasteiger partial charge in [0.15, 0.2) is 5.96 Å². The number of nitrogens with zero attached hydrogens (tertiary/aromatic N) is 3. The highest BCUT2D eigenvalue weighted by atomic mass is 127. The van der Waals surface area contributed by atoms with Gasteiger partial charge >= 0.3 is 0 Å². The van der Waals surface area contributed by atoms with Crippen molar-refractivity contribution in [3.63, 3.8) is 0 Å². The average Bonchev–Trinajstić information content (AvgIpc) is 3.17. The Balaban J connectivity index is 0.00000364. The van der Waals surface area contributed by atoms with E-state index in [0.29, 0.717) is 19.1 Å². The maximum atomic E-state index is 5.64. The van der Waals surface area contributed by atoms with Gasteiger partial charge in [-0.1, -0.05) is 19.9 Å². The zero-order valence-corrected chi connectivity index (χ0v) is 19.4. The molecule has 0 saturated carbocycles. The third-order valence-corrected chi connectivity index (χ3v) is 4.38. The van der Waals surface area contributed by atoms with Crippen molar-refractivity contribution in [2.24, 2.45) is 10.9 Å². The first-order valence-corrected chi connectivity index (χ1v) is 9.99. The van der Waals surface area contributed by atoms with Crippen molar-refractivity contribution in [1.82, 2.24) is 15.6 Å². The van der Waals surface area contributed by atoms with Crippen LogP contribution in [0.5, 0.6) is 0 Å². The normalized spacial score (nSPS) is 14.4. The third kappa shape index (κ3) is 9.60. The first-order chi connectivity index (χ1) is 12.7. The fourth-order valence-corrected chi connectivity index (χ4v) is 2.82. The van der Waals surface area contributed by atoms with Crippen molar-refractivity contribution in [3.8, 4) is 0 Å². The third-order valence-electron chi connectivity index (χ3n) is 4.38.